The van der Waals surface area contributed by atoms with Crippen molar-refractivity contribution in [1.82, 2.24) is 0 Å². The van der Waals surface area contributed by atoms with E-state index in [1.807, 2.05) is 18.2 Å². The minimum Gasteiger partial charge on any atom is -0.495 e. The molecule has 4 rings (SSSR count). The molecule has 1 aliphatic rings. The number of benzene rings is 2. The molecule has 3 aromatic rings. The highest BCUT2D eigenvalue weighted by Crippen LogP contribution is 2.44. The van der Waals surface area contributed by atoms with E-state index in [1.54, 1.807) is 37.3 Å². The van der Waals surface area contributed by atoms with Gasteiger partial charge in [0, 0.05) is 28.1 Å². The molecule has 4 nitrogen and oxygen atoms in total. The first-order chi connectivity index (χ1) is 13.0. The number of carbonyl (C=O) groups is 1. The third-order valence-corrected chi connectivity index (χ3v) is 6.09. The Morgan fingerprint density at radius 2 is 2.07 bits per heavy atom. The van der Waals surface area contributed by atoms with Crippen LogP contribution in [0.5, 0.6) is 11.5 Å². The second-order valence-electron chi connectivity index (χ2n) is 6.38. The Morgan fingerprint density at radius 3 is 2.85 bits per heavy atom. The number of nitrogens with zero attached hydrogens (tertiary/aromatic N) is 1. The summed E-state index contributed by atoms with van der Waals surface area (Å²) >= 11 is 7.61. The van der Waals surface area contributed by atoms with Crippen LogP contribution in [0.1, 0.15) is 20.8 Å². The Balaban J connectivity index is 1.73. The maximum absolute atomic E-state index is 13.1. The smallest absolute Gasteiger partial charge is 0.268 e. The van der Waals surface area contributed by atoms with Gasteiger partial charge in [0.2, 0.25) is 0 Å². The third-order valence-electron chi connectivity index (χ3n) is 4.67. The van der Waals surface area contributed by atoms with Gasteiger partial charge in [-0.25, -0.2) is 0 Å². The van der Waals surface area contributed by atoms with Crippen LogP contribution in [0.4, 0.5) is 5.69 Å². The first-order valence-electron chi connectivity index (χ1n) is 8.46. The molecule has 6 heteroatoms. The second-order valence-corrected chi connectivity index (χ2v) is 7.87. The monoisotopic (exact) mass is 399 g/mol. The lowest BCUT2D eigenvalue weighted by atomic mass is 10.0. The fraction of sp³-hybridized carbons (Fsp3) is 0.190. The van der Waals surface area contributed by atoms with Gasteiger partial charge in [0.05, 0.1) is 17.7 Å². The summed E-state index contributed by atoms with van der Waals surface area (Å²) in [5, 5.41) is 0.550. The van der Waals surface area contributed by atoms with Crippen LogP contribution in [0.3, 0.4) is 0 Å². The lowest BCUT2D eigenvalue weighted by molar-refractivity contribution is 0.0996. The molecule has 138 valence electrons. The Kier molecular flexibility index (Phi) is 4.58. The Morgan fingerprint density at radius 1 is 1.26 bits per heavy atom. The van der Waals surface area contributed by atoms with Crippen LogP contribution in [0.25, 0.3) is 10.4 Å². The van der Waals surface area contributed by atoms with Gasteiger partial charge >= 0.3 is 0 Å². The SMILES string of the molecule is COc1ccc(Cl)cc1N(C)C(=O)c1cc2c(s1)-c1c(C)cccc1OC2. The van der Waals surface area contributed by atoms with Crippen LogP contribution in [0.2, 0.25) is 5.02 Å². The number of hydrogen-bond donors (Lipinski definition) is 0. The third kappa shape index (κ3) is 3.07. The van der Waals surface area contributed by atoms with Gasteiger partial charge in [-0.15, -0.1) is 11.3 Å². The van der Waals surface area contributed by atoms with Crippen LogP contribution >= 0.6 is 22.9 Å². The summed E-state index contributed by atoms with van der Waals surface area (Å²) in [6.45, 7) is 2.53. The molecule has 1 amide bonds. The summed E-state index contributed by atoms with van der Waals surface area (Å²) in [6, 6.07) is 13.2. The topological polar surface area (TPSA) is 38.8 Å². The Bertz CT molecular complexity index is 1040. The van der Waals surface area contributed by atoms with E-state index in [0.717, 1.165) is 27.3 Å². The normalized spacial score (nSPS) is 12.0. The van der Waals surface area contributed by atoms with Gasteiger partial charge in [-0.2, -0.15) is 0 Å². The highest BCUT2D eigenvalue weighted by molar-refractivity contribution is 7.17. The van der Waals surface area contributed by atoms with E-state index in [9.17, 15) is 4.79 Å². The van der Waals surface area contributed by atoms with Crippen LogP contribution < -0.4 is 14.4 Å². The van der Waals surface area contributed by atoms with Crippen molar-refractivity contribution in [1.29, 1.82) is 0 Å². The van der Waals surface area contributed by atoms with Gasteiger partial charge in [-0.1, -0.05) is 23.7 Å². The number of anilines is 1. The number of ether oxygens (including phenoxy) is 2. The lowest BCUT2D eigenvalue weighted by Crippen LogP contribution is -2.25. The largest absolute Gasteiger partial charge is 0.495 e. The zero-order chi connectivity index (χ0) is 19.1. The van der Waals surface area contributed by atoms with Crippen LogP contribution in [0, 0.1) is 6.92 Å². The molecule has 2 aromatic carbocycles. The first kappa shape index (κ1) is 17.9. The molecule has 0 spiro atoms. The van der Waals surface area contributed by atoms with Crippen LogP contribution in [-0.2, 0) is 6.61 Å². The molecular formula is C21H18ClNO3S. The van der Waals surface area contributed by atoms with Gasteiger partial charge in [0.15, 0.2) is 0 Å². The van der Waals surface area contributed by atoms with Crippen molar-refractivity contribution in [2.75, 3.05) is 19.1 Å². The van der Waals surface area contributed by atoms with Gasteiger partial charge in [-0.05, 0) is 42.8 Å². The summed E-state index contributed by atoms with van der Waals surface area (Å²) in [5.41, 5.74) is 3.88. The molecule has 1 aliphatic heterocycles. The molecule has 0 fully saturated rings. The zero-order valence-electron chi connectivity index (χ0n) is 15.2. The maximum atomic E-state index is 13.1. The van der Waals surface area contributed by atoms with Crippen molar-refractivity contribution in [3.05, 3.63) is 63.5 Å². The van der Waals surface area contributed by atoms with Crippen LogP contribution in [0.15, 0.2) is 42.5 Å². The number of rotatable bonds is 3. The second kappa shape index (κ2) is 6.91. The van der Waals surface area contributed by atoms with Gasteiger partial charge in [0.1, 0.15) is 18.1 Å². The number of hydrogen-bond acceptors (Lipinski definition) is 4. The summed E-state index contributed by atoms with van der Waals surface area (Å²) in [7, 11) is 3.30. The molecular weight excluding hydrogens is 382 g/mol. The lowest BCUT2D eigenvalue weighted by Gasteiger charge is -2.19. The number of amides is 1. The average Bonchev–Trinajstić information content (AvgIpc) is 3.11. The van der Waals surface area contributed by atoms with E-state index in [-0.39, 0.29) is 5.91 Å². The number of fused-ring (bicyclic) bond motifs is 3. The molecule has 1 aromatic heterocycles. The van der Waals surface area contributed by atoms with Crippen LogP contribution in [-0.4, -0.2) is 20.1 Å². The Labute approximate surface area is 166 Å². The molecule has 0 saturated carbocycles. The summed E-state index contributed by atoms with van der Waals surface area (Å²) in [5.74, 6) is 1.36. The fourth-order valence-electron chi connectivity index (χ4n) is 3.26. The quantitative estimate of drug-likeness (QED) is 0.579. The minimum atomic E-state index is -0.106. The van der Waals surface area contributed by atoms with Crippen molar-refractivity contribution in [2.24, 2.45) is 0 Å². The van der Waals surface area contributed by atoms with E-state index in [2.05, 4.69) is 13.0 Å². The van der Waals surface area contributed by atoms with E-state index in [1.165, 1.54) is 11.3 Å². The highest BCUT2D eigenvalue weighted by atomic mass is 35.5. The molecule has 0 radical (unpaired) electrons. The molecule has 0 aliphatic carbocycles. The molecule has 0 N–H and O–H groups in total. The van der Waals surface area contributed by atoms with Gasteiger partial charge in [0.25, 0.3) is 5.91 Å². The molecule has 2 heterocycles. The van der Waals surface area contributed by atoms with Gasteiger partial charge in [-0.3, -0.25) is 4.79 Å². The van der Waals surface area contributed by atoms with E-state index >= 15 is 0 Å². The van der Waals surface area contributed by atoms with E-state index in [4.69, 9.17) is 21.1 Å². The van der Waals surface area contributed by atoms with Crippen molar-refractivity contribution < 1.29 is 14.3 Å². The molecule has 0 atom stereocenters. The number of aryl methyl sites for hydroxylation is 1. The summed E-state index contributed by atoms with van der Waals surface area (Å²) in [4.78, 5) is 16.5. The number of thiophene rings is 1. The summed E-state index contributed by atoms with van der Waals surface area (Å²) < 4.78 is 11.2. The fourth-order valence-corrected chi connectivity index (χ4v) is 4.68. The maximum Gasteiger partial charge on any atom is 0.268 e. The standard InChI is InChI=1S/C21H18ClNO3S/c1-12-5-4-6-17-19(12)20-13(11-26-17)9-18(27-20)21(24)23(2)15-10-14(22)7-8-16(15)25-3/h4-10H,11H2,1-3H3. The number of carbonyl (C=O) groups excluding carboxylic acids is 1. The highest BCUT2D eigenvalue weighted by Gasteiger charge is 2.26. The average molecular weight is 400 g/mol. The van der Waals surface area contributed by atoms with Crippen molar-refractivity contribution >= 4 is 34.5 Å². The minimum absolute atomic E-state index is 0.106. The predicted molar refractivity (Wildman–Crippen MR) is 110 cm³/mol. The molecule has 0 saturated heterocycles. The van der Waals surface area contributed by atoms with Crippen molar-refractivity contribution in [2.45, 2.75) is 13.5 Å². The van der Waals surface area contributed by atoms with Crippen molar-refractivity contribution in [3.8, 4) is 21.9 Å². The Hall–Kier alpha value is -2.50. The summed E-state index contributed by atoms with van der Waals surface area (Å²) in [6.07, 6.45) is 0. The van der Waals surface area contributed by atoms with E-state index < -0.39 is 0 Å². The number of methoxy groups -OCH3 is 1. The van der Waals surface area contributed by atoms with Gasteiger partial charge < -0.3 is 14.4 Å². The zero-order valence-corrected chi connectivity index (χ0v) is 16.8. The first-order valence-corrected chi connectivity index (χ1v) is 9.66. The van der Waals surface area contributed by atoms with Crippen molar-refractivity contribution in [3.63, 3.8) is 0 Å². The predicted octanol–water partition coefficient (Wildman–Crippen LogP) is 5.55. The molecule has 27 heavy (non-hydrogen) atoms. The molecule has 0 bridgehead atoms. The molecule has 0 unspecified atom stereocenters. The number of halogens is 1. The van der Waals surface area contributed by atoms with E-state index in [0.29, 0.717) is 27.9 Å².